The number of para-hydroxylation sites is 1. The monoisotopic (exact) mass is 386 g/mol. The second-order valence-electron chi connectivity index (χ2n) is 6.67. The summed E-state index contributed by atoms with van der Waals surface area (Å²) in [6.45, 7) is 2.59. The van der Waals surface area contributed by atoms with Gasteiger partial charge in [0.1, 0.15) is 5.82 Å². The Bertz CT molecular complexity index is 1110. The SMILES string of the molecule is CCc1ccc(Nc2nc(C(=O)NCCc3cnc[nH]3)nc3ccccc23)cc1. The molecule has 0 aliphatic rings. The number of nitrogens with zero attached hydrogens (tertiary/aromatic N) is 3. The summed E-state index contributed by atoms with van der Waals surface area (Å²) in [7, 11) is 0. The normalized spacial score (nSPS) is 10.8. The van der Waals surface area contributed by atoms with Crippen molar-refractivity contribution in [2.24, 2.45) is 0 Å². The van der Waals surface area contributed by atoms with Gasteiger partial charge in [-0.1, -0.05) is 31.2 Å². The fraction of sp³-hybridized carbons (Fsp3) is 0.182. The number of H-pyrrole nitrogens is 1. The molecule has 2 heterocycles. The van der Waals surface area contributed by atoms with Crippen LogP contribution in [0.1, 0.15) is 28.8 Å². The highest BCUT2D eigenvalue weighted by Gasteiger charge is 2.14. The van der Waals surface area contributed by atoms with Crippen LogP contribution in [0.4, 0.5) is 11.5 Å². The molecule has 0 unspecified atom stereocenters. The highest BCUT2D eigenvalue weighted by molar-refractivity contribution is 5.97. The van der Waals surface area contributed by atoms with Crippen LogP contribution in [0, 0.1) is 0 Å². The molecule has 0 bridgehead atoms. The zero-order valence-corrected chi connectivity index (χ0v) is 16.1. The Morgan fingerprint density at radius 2 is 1.90 bits per heavy atom. The van der Waals surface area contributed by atoms with Crippen LogP contribution in [-0.2, 0) is 12.8 Å². The molecule has 0 spiro atoms. The Morgan fingerprint density at radius 3 is 2.66 bits per heavy atom. The number of benzene rings is 2. The molecular weight excluding hydrogens is 364 g/mol. The number of aryl methyl sites for hydroxylation is 1. The minimum atomic E-state index is -0.306. The largest absolute Gasteiger partial charge is 0.349 e. The Balaban J connectivity index is 1.56. The second kappa shape index (κ2) is 8.52. The predicted molar refractivity (Wildman–Crippen MR) is 113 cm³/mol. The number of aromatic nitrogens is 4. The van der Waals surface area contributed by atoms with Crippen LogP contribution >= 0.6 is 0 Å². The van der Waals surface area contributed by atoms with Crippen LogP contribution in [0.3, 0.4) is 0 Å². The third kappa shape index (κ3) is 4.40. The molecule has 0 saturated carbocycles. The summed E-state index contributed by atoms with van der Waals surface area (Å²) in [6.07, 6.45) is 5.01. The summed E-state index contributed by atoms with van der Waals surface area (Å²) in [5.74, 6) is 0.444. The van der Waals surface area contributed by atoms with Crippen molar-refractivity contribution in [1.82, 2.24) is 25.3 Å². The maximum atomic E-state index is 12.6. The van der Waals surface area contributed by atoms with E-state index in [0.29, 0.717) is 24.3 Å². The fourth-order valence-electron chi connectivity index (χ4n) is 3.05. The number of aromatic amines is 1. The standard InChI is InChI=1S/C22H22N6O/c1-2-15-7-9-16(10-8-15)26-20-18-5-3-4-6-19(18)27-21(28-20)22(29)24-12-11-17-13-23-14-25-17/h3-10,13-14H,2,11-12H2,1H3,(H,23,25)(H,24,29)(H,26,27,28). The molecule has 4 aromatic rings. The first-order chi connectivity index (χ1) is 14.2. The molecular formula is C22H22N6O. The molecule has 7 heteroatoms. The number of hydrogen-bond donors (Lipinski definition) is 3. The zero-order valence-electron chi connectivity index (χ0n) is 16.1. The summed E-state index contributed by atoms with van der Waals surface area (Å²) < 4.78 is 0. The van der Waals surface area contributed by atoms with Crippen molar-refractivity contribution in [3.8, 4) is 0 Å². The van der Waals surface area contributed by atoms with Gasteiger partial charge in [0.15, 0.2) is 0 Å². The van der Waals surface area contributed by atoms with Gasteiger partial charge in [-0.05, 0) is 36.2 Å². The molecule has 2 aromatic heterocycles. The van der Waals surface area contributed by atoms with E-state index in [0.717, 1.165) is 23.2 Å². The summed E-state index contributed by atoms with van der Waals surface area (Å²) >= 11 is 0. The highest BCUT2D eigenvalue weighted by Crippen LogP contribution is 2.24. The second-order valence-corrected chi connectivity index (χ2v) is 6.67. The molecule has 0 aliphatic heterocycles. The topological polar surface area (TPSA) is 95.6 Å². The first kappa shape index (κ1) is 18.6. The van der Waals surface area contributed by atoms with E-state index in [1.54, 1.807) is 12.5 Å². The van der Waals surface area contributed by atoms with Crippen LogP contribution in [0.25, 0.3) is 10.9 Å². The Kier molecular flexibility index (Phi) is 5.47. The number of carbonyl (C=O) groups is 1. The maximum absolute atomic E-state index is 12.6. The molecule has 1 amide bonds. The third-order valence-corrected chi connectivity index (χ3v) is 4.67. The minimum Gasteiger partial charge on any atom is -0.349 e. The molecule has 0 saturated heterocycles. The number of anilines is 2. The smallest absolute Gasteiger partial charge is 0.289 e. The van der Waals surface area contributed by atoms with Gasteiger partial charge < -0.3 is 15.6 Å². The van der Waals surface area contributed by atoms with E-state index >= 15 is 0 Å². The lowest BCUT2D eigenvalue weighted by atomic mass is 10.1. The lowest BCUT2D eigenvalue weighted by Crippen LogP contribution is -2.27. The Labute approximate surface area is 168 Å². The lowest BCUT2D eigenvalue weighted by molar-refractivity contribution is 0.0944. The zero-order chi connectivity index (χ0) is 20.1. The van der Waals surface area contributed by atoms with Crippen molar-refractivity contribution in [3.05, 3.63) is 78.1 Å². The molecule has 4 rings (SSSR count). The molecule has 7 nitrogen and oxygen atoms in total. The number of nitrogens with one attached hydrogen (secondary N) is 3. The molecule has 2 aromatic carbocycles. The van der Waals surface area contributed by atoms with E-state index < -0.39 is 0 Å². The first-order valence-electron chi connectivity index (χ1n) is 9.61. The van der Waals surface area contributed by atoms with E-state index in [1.165, 1.54) is 5.56 Å². The number of carbonyl (C=O) groups excluding carboxylic acids is 1. The Hall–Kier alpha value is -3.74. The van der Waals surface area contributed by atoms with Crippen LogP contribution in [0.5, 0.6) is 0 Å². The summed E-state index contributed by atoms with van der Waals surface area (Å²) in [5.41, 5.74) is 3.86. The van der Waals surface area contributed by atoms with Gasteiger partial charge in [-0.2, -0.15) is 0 Å². The molecule has 146 valence electrons. The van der Waals surface area contributed by atoms with E-state index in [1.807, 2.05) is 36.4 Å². The van der Waals surface area contributed by atoms with Gasteiger partial charge in [0.05, 0.1) is 11.8 Å². The van der Waals surface area contributed by atoms with Crippen molar-refractivity contribution in [2.75, 3.05) is 11.9 Å². The molecule has 0 fully saturated rings. The third-order valence-electron chi connectivity index (χ3n) is 4.67. The number of amides is 1. The van der Waals surface area contributed by atoms with Gasteiger partial charge in [-0.25, -0.2) is 15.0 Å². The van der Waals surface area contributed by atoms with Crippen molar-refractivity contribution in [2.45, 2.75) is 19.8 Å². The maximum Gasteiger partial charge on any atom is 0.289 e. The first-order valence-corrected chi connectivity index (χ1v) is 9.61. The molecule has 0 radical (unpaired) electrons. The van der Waals surface area contributed by atoms with Crippen LogP contribution in [-0.4, -0.2) is 32.4 Å². The van der Waals surface area contributed by atoms with Crippen molar-refractivity contribution in [1.29, 1.82) is 0 Å². The van der Waals surface area contributed by atoms with Gasteiger partial charge in [-0.15, -0.1) is 0 Å². The van der Waals surface area contributed by atoms with Crippen LogP contribution in [0.2, 0.25) is 0 Å². The van der Waals surface area contributed by atoms with Gasteiger partial charge in [-0.3, -0.25) is 4.79 Å². The van der Waals surface area contributed by atoms with Gasteiger partial charge in [0.2, 0.25) is 5.82 Å². The quantitative estimate of drug-likeness (QED) is 0.451. The summed E-state index contributed by atoms with van der Waals surface area (Å²) in [6, 6.07) is 15.8. The Morgan fingerprint density at radius 1 is 1.07 bits per heavy atom. The summed E-state index contributed by atoms with van der Waals surface area (Å²) in [5, 5.41) is 7.06. The van der Waals surface area contributed by atoms with E-state index in [2.05, 4.69) is 49.6 Å². The molecule has 0 atom stereocenters. The number of hydrogen-bond acceptors (Lipinski definition) is 5. The van der Waals surface area contributed by atoms with Gasteiger partial charge in [0.25, 0.3) is 5.91 Å². The highest BCUT2D eigenvalue weighted by atomic mass is 16.2. The van der Waals surface area contributed by atoms with Crippen molar-refractivity contribution >= 4 is 28.3 Å². The number of rotatable bonds is 7. The van der Waals surface area contributed by atoms with Crippen LogP contribution in [0.15, 0.2) is 61.1 Å². The minimum absolute atomic E-state index is 0.140. The summed E-state index contributed by atoms with van der Waals surface area (Å²) in [4.78, 5) is 28.5. The average Bonchev–Trinajstić information content (AvgIpc) is 3.27. The number of fused-ring (bicyclic) bond motifs is 1. The average molecular weight is 386 g/mol. The van der Waals surface area contributed by atoms with Crippen molar-refractivity contribution < 1.29 is 4.79 Å². The molecule has 3 N–H and O–H groups in total. The van der Waals surface area contributed by atoms with E-state index in [9.17, 15) is 4.79 Å². The molecule has 29 heavy (non-hydrogen) atoms. The van der Waals surface area contributed by atoms with Crippen LogP contribution < -0.4 is 10.6 Å². The van der Waals surface area contributed by atoms with Gasteiger partial charge >= 0.3 is 0 Å². The fourth-order valence-corrected chi connectivity index (χ4v) is 3.05. The number of imidazole rings is 1. The predicted octanol–water partition coefficient (Wildman–Crippen LogP) is 3.63. The molecule has 0 aliphatic carbocycles. The van der Waals surface area contributed by atoms with E-state index in [-0.39, 0.29) is 11.7 Å². The van der Waals surface area contributed by atoms with Gasteiger partial charge in [0, 0.05) is 35.9 Å². The van der Waals surface area contributed by atoms with Crippen molar-refractivity contribution in [3.63, 3.8) is 0 Å². The van der Waals surface area contributed by atoms with E-state index in [4.69, 9.17) is 0 Å². The lowest BCUT2D eigenvalue weighted by Gasteiger charge is -2.11.